The smallest absolute Gasteiger partial charge is 0.148 e. The maximum absolute atomic E-state index is 6.49. The molecule has 4 heterocycles. The van der Waals surface area contributed by atoms with Crippen LogP contribution >= 0.6 is 0 Å². The molecule has 0 aliphatic carbocycles. The van der Waals surface area contributed by atoms with E-state index < -0.39 is 24.4 Å². The van der Waals surface area contributed by atoms with Crippen LogP contribution < -0.4 is 0 Å². The molecule has 15 atom stereocenters. The molecule has 4 aliphatic heterocycles. The van der Waals surface area contributed by atoms with Crippen LogP contribution in [0, 0.1) is 0 Å². The van der Waals surface area contributed by atoms with Crippen molar-refractivity contribution in [2.24, 2.45) is 0 Å². The molecule has 0 aromatic carbocycles. The average Bonchev–Trinajstić information content (AvgIpc) is 3.44. The van der Waals surface area contributed by atoms with E-state index in [0.717, 1.165) is 0 Å². The fourth-order valence-corrected chi connectivity index (χ4v) is 6.82. The second-order valence-electron chi connectivity index (χ2n) is 11.2. The highest BCUT2D eigenvalue weighted by Crippen LogP contribution is 2.34. The van der Waals surface area contributed by atoms with E-state index in [2.05, 4.69) is 0 Å². The predicted molar refractivity (Wildman–Crippen MR) is 146 cm³/mol. The fraction of sp³-hybridized carbons (Fsp3) is 1.00. The molecule has 0 amide bonds. The first-order chi connectivity index (χ1) is 19.8. The summed E-state index contributed by atoms with van der Waals surface area (Å²) in [5.41, 5.74) is 0. The Kier molecular flexibility index (Phi) is 12.6. The Morgan fingerprint density at radius 1 is 0.488 bits per heavy atom. The molecule has 41 heavy (non-hydrogen) atoms. The molecule has 0 aromatic rings. The van der Waals surface area contributed by atoms with E-state index in [1.54, 1.807) is 21.3 Å². The van der Waals surface area contributed by atoms with Crippen LogP contribution in [0.5, 0.6) is 0 Å². The molecular formula is C29H52O12. The summed E-state index contributed by atoms with van der Waals surface area (Å²) in [6.07, 6.45) is -4.26. The third kappa shape index (κ3) is 7.26. The highest BCUT2D eigenvalue weighted by molar-refractivity contribution is 4.98. The van der Waals surface area contributed by atoms with Gasteiger partial charge in [0, 0.05) is 34.5 Å². The molecule has 0 bridgehead atoms. The lowest BCUT2D eigenvalue weighted by atomic mass is 9.93. The number of ether oxygens (including phenoxy) is 12. The second-order valence-corrected chi connectivity index (χ2v) is 11.2. The lowest BCUT2D eigenvalue weighted by Gasteiger charge is -2.47. The minimum atomic E-state index is -0.422. The van der Waals surface area contributed by atoms with Gasteiger partial charge in [0.05, 0.1) is 37.6 Å². The molecule has 0 N–H and O–H groups in total. The Balaban J connectivity index is 1.42. The van der Waals surface area contributed by atoms with E-state index >= 15 is 0 Å². The largest absolute Gasteiger partial charge is 0.376 e. The van der Waals surface area contributed by atoms with Gasteiger partial charge in [-0.1, -0.05) is 0 Å². The van der Waals surface area contributed by atoms with Crippen molar-refractivity contribution in [2.45, 2.75) is 133 Å². The van der Waals surface area contributed by atoms with Gasteiger partial charge in [0.1, 0.15) is 73.9 Å². The molecule has 4 aliphatic rings. The van der Waals surface area contributed by atoms with Crippen LogP contribution in [0.2, 0.25) is 0 Å². The Morgan fingerprint density at radius 2 is 0.976 bits per heavy atom. The summed E-state index contributed by atoms with van der Waals surface area (Å²) in [7, 11) is 4.99. The van der Waals surface area contributed by atoms with Gasteiger partial charge in [-0.05, 0) is 41.5 Å². The second kappa shape index (κ2) is 15.5. The molecule has 12 nitrogen and oxygen atoms in total. The Morgan fingerprint density at radius 3 is 1.59 bits per heavy atom. The number of hydrogen-bond acceptors (Lipinski definition) is 12. The van der Waals surface area contributed by atoms with E-state index in [-0.39, 0.29) is 87.2 Å². The highest BCUT2D eigenvalue weighted by atomic mass is 16.7. The summed E-state index contributed by atoms with van der Waals surface area (Å²) in [4.78, 5) is 0. The predicted octanol–water partition coefficient (Wildman–Crippen LogP) is 1.74. The normalized spacial score (nSPS) is 46.9. The fourth-order valence-electron chi connectivity index (χ4n) is 6.82. The minimum Gasteiger partial charge on any atom is -0.376 e. The van der Waals surface area contributed by atoms with E-state index in [1.165, 1.54) is 0 Å². The third-order valence-electron chi connectivity index (χ3n) is 8.70. The molecule has 0 saturated carbocycles. The van der Waals surface area contributed by atoms with Crippen LogP contribution in [-0.4, -0.2) is 146 Å². The molecule has 0 radical (unpaired) electrons. The minimum absolute atomic E-state index is 0.114. The van der Waals surface area contributed by atoms with Crippen LogP contribution in [0.1, 0.15) is 41.5 Å². The Labute approximate surface area is 244 Å². The van der Waals surface area contributed by atoms with Crippen molar-refractivity contribution < 1.29 is 56.8 Å². The van der Waals surface area contributed by atoms with Gasteiger partial charge in [-0.25, -0.2) is 0 Å². The van der Waals surface area contributed by atoms with Crippen molar-refractivity contribution in [1.29, 1.82) is 0 Å². The zero-order valence-electron chi connectivity index (χ0n) is 26.1. The van der Waals surface area contributed by atoms with Crippen molar-refractivity contribution >= 4 is 0 Å². The van der Waals surface area contributed by atoms with Gasteiger partial charge in [0.2, 0.25) is 0 Å². The summed E-state index contributed by atoms with van der Waals surface area (Å²) in [6, 6.07) is 0. The lowest BCUT2D eigenvalue weighted by molar-refractivity contribution is -0.283. The summed E-state index contributed by atoms with van der Waals surface area (Å²) in [5.74, 6) is 0. The lowest BCUT2D eigenvalue weighted by Crippen LogP contribution is -2.63. The van der Waals surface area contributed by atoms with Crippen molar-refractivity contribution in [2.75, 3.05) is 54.5 Å². The molecule has 12 heteroatoms. The van der Waals surface area contributed by atoms with E-state index in [4.69, 9.17) is 56.8 Å². The summed E-state index contributed by atoms with van der Waals surface area (Å²) in [6.45, 7) is 13.7. The highest BCUT2D eigenvalue weighted by Gasteiger charge is 2.51. The number of methoxy groups -OCH3 is 3. The first-order valence-electron chi connectivity index (χ1n) is 15.0. The first-order valence-corrected chi connectivity index (χ1v) is 15.0. The van der Waals surface area contributed by atoms with Crippen LogP contribution in [0.15, 0.2) is 0 Å². The van der Waals surface area contributed by atoms with Gasteiger partial charge < -0.3 is 56.8 Å². The molecule has 240 valence electrons. The molecule has 0 unspecified atom stereocenters. The molecule has 0 spiro atoms. The molecule has 4 fully saturated rings. The van der Waals surface area contributed by atoms with Gasteiger partial charge in [0.25, 0.3) is 0 Å². The average molecular weight is 593 g/mol. The molecule has 0 aromatic heterocycles. The number of fused-ring (bicyclic) bond motifs is 1. The third-order valence-corrected chi connectivity index (χ3v) is 8.70. The van der Waals surface area contributed by atoms with Crippen molar-refractivity contribution in [3.8, 4) is 0 Å². The summed E-state index contributed by atoms with van der Waals surface area (Å²) in [5, 5.41) is 0. The summed E-state index contributed by atoms with van der Waals surface area (Å²) < 4.78 is 73.1. The van der Waals surface area contributed by atoms with Crippen LogP contribution in [0.25, 0.3) is 0 Å². The van der Waals surface area contributed by atoms with E-state index in [1.807, 2.05) is 41.5 Å². The van der Waals surface area contributed by atoms with Crippen molar-refractivity contribution in [3.63, 3.8) is 0 Å². The Hall–Kier alpha value is -0.480. The SMILES string of the molecule is CCO[C@H]1[C@@H](OC)[C@H](C)O[C@@H](C)[C@@H]1OC[C@@H]1O[C@@H](C)[C@H](OC[C@@H]2O[C@@H](C)[C@@H]3OCO[C@H]3[C@H]2OC)[C@@H](OC)[C@H]1OCC. The standard InChI is InChI=1S/C29H52O12/c1-10-33-26-20(13-36-23-16(4)39-15(3)21(30-7)28(23)34-11-2)41-17(5)22(27(26)32-9)35-12-19-25(31-8)29-24(18(6)40-19)37-14-38-29/h15-29H,10-14H2,1-9H3/t15-,16-,17-,18-,19-,20-,21-,22-,23-,24-,25-,26-,27+,28-,29+/m0/s1. The number of hydrogen-bond donors (Lipinski definition) is 0. The van der Waals surface area contributed by atoms with Crippen LogP contribution in [0.3, 0.4) is 0 Å². The topological polar surface area (TPSA) is 111 Å². The van der Waals surface area contributed by atoms with Gasteiger partial charge >= 0.3 is 0 Å². The van der Waals surface area contributed by atoms with Crippen LogP contribution in [0.4, 0.5) is 0 Å². The molecule has 4 saturated heterocycles. The van der Waals surface area contributed by atoms with Crippen molar-refractivity contribution in [1.82, 2.24) is 0 Å². The maximum atomic E-state index is 6.49. The van der Waals surface area contributed by atoms with Gasteiger partial charge in [-0.15, -0.1) is 0 Å². The van der Waals surface area contributed by atoms with E-state index in [0.29, 0.717) is 13.2 Å². The molecular weight excluding hydrogens is 540 g/mol. The molecule has 4 rings (SSSR count). The zero-order valence-corrected chi connectivity index (χ0v) is 26.1. The summed E-state index contributed by atoms with van der Waals surface area (Å²) >= 11 is 0. The Bertz CT molecular complexity index is 774. The number of rotatable bonds is 13. The van der Waals surface area contributed by atoms with Gasteiger partial charge in [-0.3, -0.25) is 0 Å². The van der Waals surface area contributed by atoms with Gasteiger partial charge in [0.15, 0.2) is 0 Å². The van der Waals surface area contributed by atoms with Crippen molar-refractivity contribution in [3.05, 3.63) is 0 Å². The van der Waals surface area contributed by atoms with Crippen LogP contribution in [-0.2, 0) is 56.8 Å². The van der Waals surface area contributed by atoms with Gasteiger partial charge in [-0.2, -0.15) is 0 Å². The quantitative estimate of drug-likeness (QED) is 0.311. The first kappa shape index (κ1) is 33.4. The monoisotopic (exact) mass is 592 g/mol. The maximum Gasteiger partial charge on any atom is 0.148 e. The zero-order chi connectivity index (χ0) is 29.7. The van der Waals surface area contributed by atoms with E-state index in [9.17, 15) is 0 Å².